The molecule has 0 saturated carbocycles. The van der Waals surface area contributed by atoms with Crippen molar-refractivity contribution in [1.29, 1.82) is 0 Å². The molecule has 0 bridgehead atoms. The van der Waals surface area contributed by atoms with Gasteiger partial charge in [-0.25, -0.2) is 13.7 Å². The first kappa shape index (κ1) is 11.1. The van der Waals surface area contributed by atoms with Gasteiger partial charge in [-0.15, -0.1) is 0 Å². The number of hydrogen-bond acceptors (Lipinski definition) is 3. The fourth-order valence-corrected chi connectivity index (χ4v) is 2.64. The van der Waals surface area contributed by atoms with Gasteiger partial charge in [0.1, 0.15) is 6.10 Å². The Bertz CT molecular complexity index is 412. The van der Waals surface area contributed by atoms with Gasteiger partial charge in [0.15, 0.2) is 0 Å². The zero-order valence-electron chi connectivity index (χ0n) is 9.09. The van der Waals surface area contributed by atoms with Crippen molar-refractivity contribution in [2.45, 2.75) is 30.9 Å². The number of halogens is 2. The van der Waals surface area contributed by atoms with Crippen LogP contribution in [0.5, 0.6) is 0 Å². The van der Waals surface area contributed by atoms with Crippen molar-refractivity contribution < 1.29 is 18.6 Å². The Hall–Kier alpha value is -1.04. The lowest BCUT2D eigenvalue weighted by Gasteiger charge is -2.16. The Morgan fingerprint density at radius 2 is 2.00 bits per heavy atom. The maximum atomic E-state index is 13.3. The summed E-state index contributed by atoms with van der Waals surface area (Å²) < 4.78 is 32.0. The summed E-state index contributed by atoms with van der Waals surface area (Å²) in [5.74, 6) is -2.73. The molecule has 0 aliphatic carbocycles. The third kappa shape index (κ3) is 1.84. The molecule has 0 radical (unpaired) electrons. The zero-order valence-corrected chi connectivity index (χ0v) is 9.09. The molecule has 1 aromatic carbocycles. The van der Waals surface area contributed by atoms with Crippen LogP contribution in [0.2, 0.25) is 0 Å². The van der Waals surface area contributed by atoms with E-state index < -0.39 is 31.0 Å². The summed E-state index contributed by atoms with van der Waals surface area (Å²) in [6, 6.07) is 8.74. The van der Waals surface area contributed by atoms with Crippen molar-refractivity contribution in [3.63, 3.8) is 0 Å². The van der Waals surface area contributed by atoms with Crippen molar-refractivity contribution in [2.75, 3.05) is 6.54 Å². The SMILES string of the molecule is OC1OC(c2ccccc2)C2CC(F)(F)CN12. The minimum atomic E-state index is -2.73. The van der Waals surface area contributed by atoms with Crippen molar-refractivity contribution in [1.82, 2.24) is 4.90 Å². The number of benzene rings is 1. The van der Waals surface area contributed by atoms with Gasteiger partial charge in [0, 0.05) is 6.42 Å². The standard InChI is InChI=1S/C12H13F2NO2/c13-12(14)6-9-10(8-4-2-1-3-5-8)17-11(16)15(9)7-12/h1-5,9-11,16H,6-7H2. The highest BCUT2D eigenvalue weighted by Gasteiger charge is 2.55. The van der Waals surface area contributed by atoms with Gasteiger partial charge in [-0.05, 0) is 5.56 Å². The van der Waals surface area contributed by atoms with E-state index in [2.05, 4.69) is 0 Å². The Morgan fingerprint density at radius 1 is 1.29 bits per heavy atom. The quantitative estimate of drug-likeness (QED) is 0.813. The molecule has 3 atom stereocenters. The van der Waals surface area contributed by atoms with Gasteiger partial charge < -0.3 is 9.84 Å². The summed E-state index contributed by atoms with van der Waals surface area (Å²) in [5, 5.41) is 9.63. The second kappa shape index (κ2) is 3.73. The Morgan fingerprint density at radius 3 is 2.71 bits per heavy atom. The molecule has 2 heterocycles. The molecule has 0 spiro atoms. The fourth-order valence-electron chi connectivity index (χ4n) is 2.64. The summed E-state index contributed by atoms with van der Waals surface area (Å²) in [5.41, 5.74) is 0.830. The van der Waals surface area contributed by atoms with Crippen molar-refractivity contribution in [3.05, 3.63) is 35.9 Å². The second-order valence-corrected chi connectivity index (χ2v) is 4.59. The van der Waals surface area contributed by atoms with Crippen molar-refractivity contribution >= 4 is 0 Å². The molecule has 17 heavy (non-hydrogen) atoms. The van der Waals surface area contributed by atoms with Crippen LogP contribution < -0.4 is 0 Å². The maximum Gasteiger partial charge on any atom is 0.262 e. The number of aliphatic hydroxyl groups is 1. The van der Waals surface area contributed by atoms with Crippen LogP contribution in [-0.4, -0.2) is 34.9 Å². The number of fused-ring (bicyclic) bond motifs is 1. The van der Waals surface area contributed by atoms with E-state index in [0.717, 1.165) is 5.56 Å². The van der Waals surface area contributed by atoms with E-state index in [1.165, 1.54) is 4.90 Å². The van der Waals surface area contributed by atoms with Crippen molar-refractivity contribution in [2.24, 2.45) is 0 Å². The molecular weight excluding hydrogens is 228 g/mol. The van der Waals surface area contributed by atoms with Gasteiger partial charge in [0.25, 0.3) is 5.92 Å². The van der Waals surface area contributed by atoms with E-state index >= 15 is 0 Å². The molecule has 92 valence electrons. The molecule has 5 heteroatoms. The lowest BCUT2D eigenvalue weighted by Crippen LogP contribution is -2.34. The first-order chi connectivity index (χ1) is 8.07. The largest absolute Gasteiger partial charge is 0.356 e. The number of hydrogen-bond donors (Lipinski definition) is 1. The second-order valence-electron chi connectivity index (χ2n) is 4.59. The lowest BCUT2D eigenvalue weighted by molar-refractivity contribution is -0.162. The Balaban J connectivity index is 1.89. The molecular formula is C12H13F2NO2. The minimum absolute atomic E-state index is 0.260. The normalized spacial score (nSPS) is 36.1. The predicted octanol–water partition coefficient (Wildman–Crippen LogP) is 1.74. The first-order valence-electron chi connectivity index (χ1n) is 5.59. The minimum Gasteiger partial charge on any atom is -0.356 e. The van der Waals surface area contributed by atoms with E-state index in [1.807, 2.05) is 30.3 Å². The molecule has 0 amide bonds. The summed E-state index contributed by atoms with van der Waals surface area (Å²) in [7, 11) is 0. The molecule has 2 fully saturated rings. The van der Waals surface area contributed by atoms with Crippen LogP contribution in [0, 0.1) is 0 Å². The molecule has 0 aromatic heterocycles. The number of rotatable bonds is 1. The van der Waals surface area contributed by atoms with Crippen LogP contribution in [0.25, 0.3) is 0 Å². The maximum absolute atomic E-state index is 13.3. The molecule has 3 nitrogen and oxygen atoms in total. The average Bonchev–Trinajstić information content (AvgIpc) is 2.76. The molecule has 1 aromatic rings. The monoisotopic (exact) mass is 241 g/mol. The number of ether oxygens (including phenoxy) is 1. The third-order valence-corrected chi connectivity index (χ3v) is 3.38. The van der Waals surface area contributed by atoms with Crippen LogP contribution in [-0.2, 0) is 4.74 Å². The average molecular weight is 241 g/mol. The molecule has 2 saturated heterocycles. The first-order valence-corrected chi connectivity index (χ1v) is 5.59. The highest BCUT2D eigenvalue weighted by molar-refractivity contribution is 5.21. The molecule has 2 aliphatic heterocycles. The van der Waals surface area contributed by atoms with Gasteiger partial charge >= 0.3 is 0 Å². The summed E-state index contributed by atoms with van der Waals surface area (Å²) in [4.78, 5) is 1.33. The van der Waals surface area contributed by atoms with Gasteiger partial charge in [-0.3, -0.25) is 0 Å². The lowest BCUT2D eigenvalue weighted by atomic mass is 10.0. The number of nitrogens with zero attached hydrogens (tertiary/aromatic N) is 1. The molecule has 1 N–H and O–H groups in total. The van der Waals surface area contributed by atoms with Crippen LogP contribution in [0.4, 0.5) is 8.78 Å². The van der Waals surface area contributed by atoms with Gasteiger partial charge in [-0.2, -0.15) is 0 Å². The molecule has 3 unspecified atom stereocenters. The van der Waals surface area contributed by atoms with Crippen molar-refractivity contribution in [3.8, 4) is 0 Å². The third-order valence-electron chi connectivity index (χ3n) is 3.38. The summed E-state index contributed by atoms with van der Waals surface area (Å²) in [6.45, 7) is -0.428. The van der Waals surface area contributed by atoms with E-state index in [1.54, 1.807) is 0 Å². The molecule has 2 aliphatic rings. The van der Waals surface area contributed by atoms with E-state index in [0.29, 0.717) is 0 Å². The Kier molecular flexibility index (Phi) is 2.43. The van der Waals surface area contributed by atoms with Gasteiger partial charge in [-0.1, -0.05) is 30.3 Å². The van der Waals surface area contributed by atoms with Gasteiger partial charge in [0.2, 0.25) is 6.41 Å². The fraction of sp³-hybridized carbons (Fsp3) is 0.500. The van der Waals surface area contributed by atoms with Gasteiger partial charge in [0.05, 0.1) is 12.6 Å². The smallest absolute Gasteiger partial charge is 0.262 e. The number of alkyl halides is 2. The van der Waals surface area contributed by atoms with Crippen LogP contribution >= 0.6 is 0 Å². The van der Waals surface area contributed by atoms with Crippen LogP contribution in [0.1, 0.15) is 18.1 Å². The predicted molar refractivity (Wildman–Crippen MR) is 56.3 cm³/mol. The van der Waals surface area contributed by atoms with E-state index in [-0.39, 0.29) is 6.42 Å². The Labute approximate surface area is 97.6 Å². The summed E-state index contributed by atoms with van der Waals surface area (Å²) >= 11 is 0. The zero-order chi connectivity index (χ0) is 12.0. The van der Waals surface area contributed by atoms with E-state index in [9.17, 15) is 13.9 Å². The van der Waals surface area contributed by atoms with Crippen LogP contribution in [0.3, 0.4) is 0 Å². The summed E-state index contributed by atoms with van der Waals surface area (Å²) in [6.07, 6.45) is -1.96. The number of aliphatic hydroxyl groups excluding tert-OH is 1. The molecule has 3 rings (SSSR count). The van der Waals surface area contributed by atoms with Crippen LogP contribution in [0.15, 0.2) is 30.3 Å². The van der Waals surface area contributed by atoms with E-state index in [4.69, 9.17) is 4.74 Å². The topological polar surface area (TPSA) is 32.7 Å². The highest BCUT2D eigenvalue weighted by atomic mass is 19.3. The highest BCUT2D eigenvalue weighted by Crippen LogP contribution is 2.45.